The Labute approximate surface area is 160 Å². The largest absolute Gasteiger partial charge is 0.411 e. The molecule has 1 aromatic rings. The topological polar surface area (TPSA) is 97.2 Å². The predicted molar refractivity (Wildman–Crippen MR) is 93.2 cm³/mol. The Morgan fingerprint density at radius 3 is 2.54 bits per heavy atom. The minimum Gasteiger partial charge on any atom is -0.351 e. The van der Waals surface area contributed by atoms with E-state index in [1.54, 1.807) is 4.90 Å². The second kappa shape index (κ2) is 6.89. The van der Waals surface area contributed by atoms with Crippen LogP contribution in [0, 0.1) is 11.8 Å². The van der Waals surface area contributed by atoms with Crippen LogP contribution in [0.25, 0.3) is 0 Å². The molecule has 3 aliphatic heterocycles. The normalized spacial score (nSPS) is 30.7. The molecule has 2 saturated heterocycles. The molecule has 0 bridgehead atoms. The van der Waals surface area contributed by atoms with E-state index >= 15 is 0 Å². The average Bonchev–Trinajstić information content (AvgIpc) is 3.25. The molecule has 1 N–H and O–H groups in total. The van der Waals surface area contributed by atoms with E-state index in [0.29, 0.717) is 32.4 Å². The van der Waals surface area contributed by atoms with Crippen LogP contribution < -0.4 is 5.32 Å². The van der Waals surface area contributed by atoms with Crippen LogP contribution in [0.4, 0.5) is 19.1 Å². The van der Waals surface area contributed by atoms with E-state index in [4.69, 9.17) is 0 Å². The molecule has 3 aliphatic rings. The summed E-state index contributed by atoms with van der Waals surface area (Å²) in [5.41, 5.74) is 0. The molecule has 4 heterocycles. The summed E-state index contributed by atoms with van der Waals surface area (Å²) in [5, 5.41) is 6.76. The highest BCUT2D eigenvalue weighted by Crippen LogP contribution is 2.41. The lowest BCUT2D eigenvalue weighted by atomic mass is 9.84. The number of anilines is 1. The minimum atomic E-state index is -4.41. The first kappa shape index (κ1) is 19.5. The van der Waals surface area contributed by atoms with E-state index in [9.17, 15) is 26.4 Å². The standard InChI is InChI=1S/C16H22F3N5O3S/c17-16(18,19)13-7-12(22-15-20-9-21-24(13)15)10-1-4-23(5-2-10)14(25)11-3-6-28(26,27)8-11/h9-13H,1-8H2,(H,20,21,22)/t11-,12+,13-/m1/s1. The highest BCUT2D eigenvalue weighted by atomic mass is 32.2. The van der Waals surface area contributed by atoms with Crippen molar-refractivity contribution in [1.29, 1.82) is 0 Å². The molecule has 0 radical (unpaired) electrons. The van der Waals surface area contributed by atoms with Gasteiger partial charge in [-0.1, -0.05) is 0 Å². The molecule has 0 unspecified atom stereocenters. The second-order valence-electron chi connectivity index (χ2n) is 7.83. The fourth-order valence-corrected chi connectivity index (χ4v) is 6.23. The number of hydrogen-bond acceptors (Lipinski definition) is 6. The van der Waals surface area contributed by atoms with Crippen LogP contribution in [-0.4, -0.2) is 70.8 Å². The van der Waals surface area contributed by atoms with Crippen molar-refractivity contribution in [3.63, 3.8) is 0 Å². The summed E-state index contributed by atoms with van der Waals surface area (Å²) in [4.78, 5) is 18.1. The number of alkyl halides is 3. The lowest BCUT2D eigenvalue weighted by Crippen LogP contribution is -2.48. The van der Waals surface area contributed by atoms with Crippen molar-refractivity contribution in [2.24, 2.45) is 11.8 Å². The lowest BCUT2D eigenvalue weighted by molar-refractivity contribution is -0.174. The van der Waals surface area contributed by atoms with Gasteiger partial charge in [0.1, 0.15) is 6.33 Å². The Morgan fingerprint density at radius 2 is 1.93 bits per heavy atom. The monoisotopic (exact) mass is 421 g/mol. The molecule has 2 fully saturated rings. The molecule has 12 heteroatoms. The fraction of sp³-hybridized carbons (Fsp3) is 0.812. The van der Waals surface area contributed by atoms with Crippen LogP contribution in [0.2, 0.25) is 0 Å². The van der Waals surface area contributed by atoms with Gasteiger partial charge < -0.3 is 10.2 Å². The van der Waals surface area contributed by atoms with Gasteiger partial charge in [-0.25, -0.2) is 13.1 Å². The zero-order valence-corrected chi connectivity index (χ0v) is 15.9. The molecule has 28 heavy (non-hydrogen) atoms. The van der Waals surface area contributed by atoms with Crippen LogP contribution in [0.5, 0.6) is 0 Å². The average molecular weight is 421 g/mol. The molecular formula is C16H22F3N5O3S. The van der Waals surface area contributed by atoms with Gasteiger partial charge in [0.15, 0.2) is 15.9 Å². The molecule has 8 nitrogen and oxygen atoms in total. The van der Waals surface area contributed by atoms with Gasteiger partial charge >= 0.3 is 6.18 Å². The zero-order chi connectivity index (χ0) is 20.1. The quantitative estimate of drug-likeness (QED) is 0.772. The van der Waals surface area contributed by atoms with Gasteiger partial charge in [0.05, 0.1) is 17.4 Å². The summed E-state index contributed by atoms with van der Waals surface area (Å²) in [6.07, 6.45) is -1.93. The Kier molecular flexibility index (Phi) is 4.79. The third kappa shape index (κ3) is 3.70. The summed E-state index contributed by atoms with van der Waals surface area (Å²) >= 11 is 0. The van der Waals surface area contributed by atoms with Crippen molar-refractivity contribution in [3.8, 4) is 0 Å². The molecule has 1 aromatic heterocycles. The van der Waals surface area contributed by atoms with E-state index in [-0.39, 0.29) is 35.7 Å². The molecule has 0 aromatic carbocycles. The Morgan fingerprint density at radius 1 is 1.21 bits per heavy atom. The van der Waals surface area contributed by atoms with E-state index in [1.807, 2.05) is 0 Å². The molecule has 1 amide bonds. The second-order valence-corrected chi connectivity index (χ2v) is 10.1. The molecule has 0 aliphatic carbocycles. The lowest BCUT2D eigenvalue weighted by Gasteiger charge is -2.40. The number of nitrogens with one attached hydrogen (secondary N) is 1. The number of amides is 1. The Hall–Kier alpha value is -1.85. The van der Waals surface area contributed by atoms with Crippen molar-refractivity contribution < 1.29 is 26.4 Å². The van der Waals surface area contributed by atoms with Crippen LogP contribution in [0.3, 0.4) is 0 Å². The van der Waals surface area contributed by atoms with Gasteiger partial charge in [-0.05, 0) is 31.6 Å². The van der Waals surface area contributed by atoms with E-state index in [0.717, 1.165) is 11.0 Å². The maximum Gasteiger partial charge on any atom is 0.411 e. The van der Waals surface area contributed by atoms with Crippen molar-refractivity contribution in [1.82, 2.24) is 19.7 Å². The maximum atomic E-state index is 13.4. The fourth-order valence-electron chi connectivity index (χ4n) is 4.50. The summed E-state index contributed by atoms with van der Waals surface area (Å²) < 4.78 is 64.3. The Balaban J connectivity index is 1.38. The number of rotatable bonds is 2. The molecule has 0 saturated carbocycles. The third-order valence-corrected chi connectivity index (χ3v) is 7.81. The highest BCUT2D eigenvalue weighted by molar-refractivity contribution is 7.91. The van der Waals surface area contributed by atoms with E-state index < -0.39 is 34.0 Å². The van der Waals surface area contributed by atoms with Crippen LogP contribution in [0.15, 0.2) is 6.33 Å². The summed E-state index contributed by atoms with van der Waals surface area (Å²) in [6, 6.07) is -2.10. The summed E-state index contributed by atoms with van der Waals surface area (Å²) in [7, 11) is -3.13. The number of halogens is 3. The zero-order valence-electron chi connectivity index (χ0n) is 15.1. The summed E-state index contributed by atoms with van der Waals surface area (Å²) in [5.74, 6) is -0.587. The van der Waals surface area contributed by atoms with Crippen LogP contribution in [-0.2, 0) is 14.6 Å². The summed E-state index contributed by atoms with van der Waals surface area (Å²) in [6.45, 7) is 0.864. The van der Waals surface area contributed by atoms with E-state index in [1.165, 1.54) is 0 Å². The Bertz CT molecular complexity index is 848. The maximum absolute atomic E-state index is 13.4. The van der Waals surface area contributed by atoms with Crippen molar-refractivity contribution in [3.05, 3.63) is 6.33 Å². The first-order chi connectivity index (χ1) is 13.1. The number of nitrogens with zero attached hydrogens (tertiary/aromatic N) is 4. The molecule has 0 spiro atoms. The number of sulfone groups is 1. The van der Waals surface area contributed by atoms with Crippen molar-refractivity contribution in [2.75, 3.05) is 29.9 Å². The van der Waals surface area contributed by atoms with Crippen molar-refractivity contribution >= 4 is 21.7 Å². The minimum absolute atomic E-state index is 0.0216. The highest BCUT2D eigenvalue weighted by Gasteiger charge is 2.48. The third-order valence-electron chi connectivity index (χ3n) is 6.04. The smallest absolute Gasteiger partial charge is 0.351 e. The number of carbonyl (C=O) groups is 1. The number of aromatic nitrogens is 3. The number of hydrogen-bond donors (Lipinski definition) is 1. The SMILES string of the molecule is O=C([C@@H]1CCS(=O)(=O)C1)N1CCC([C@@H]2C[C@H](C(F)(F)F)n3ncnc3N2)CC1. The van der Waals surface area contributed by atoms with Gasteiger partial charge in [-0.15, -0.1) is 0 Å². The van der Waals surface area contributed by atoms with E-state index in [2.05, 4.69) is 15.4 Å². The van der Waals surface area contributed by atoms with Crippen molar-refractivity contribution in [2.45, 2.75) is 43.9 Å². The van der Waals surface area contributed by atoms with Gasteiger partial charge in [0, 0.05) is 19.1 Å². The number of carbonyl (C=O) groups excluding carboxylic acids is 1. The molecule has 156 valence electrons. The molecular weight excluding hydrogens is 399 g/mol. The van der Waals surface area contributed by atoms with Gasteiger partial charge in [0.2, 0.25) is 11.9 Å². The number of piperidine rings is 1. The number of fused-ring (bicyclic) bond motifs is 1. The van der Waals surface area contributed by atoms with Crippen LogP contribution in [0.1, 0.15) is 31.7 Å². The molecule has 3 atom stereocenters. The van der Waals surface area contributed by atoms with Gasteiger partial charge in [-0.3, -0.25) is 4.79 Å². The first-order valence-electron chi connectivity index (χ1n) is 9.36. The predicted octanol–water partition coefficient (Wildman–Crippen LogP) is 1.24. The van der Waals surface area contributed by atoms with Gasteiger partial charge in [0.25, 0.3) is 0 Å². The van der Waals surface area contributed by atoms with Crippen LogP contribution >= 0.6 is 0 Å². The molecule has 4 rings (SSSR count). The van der Waals surface area contributed by atoms with Gasteiger partial charge in [-0.2, -0.15) is 23.3 Å². The first-order valence-corrected chi connectivity index (χ1v) is 11.2. The number of likely N-dealkylation sites (tertiary alicyclic amines) is 1.